The minimum Gasteiger partial charge on any atom is -0.493 e. The highest BCUT2D eigenvalue weighted by Gasteiger charge is 2.27. The van der Waals surface area contributed by atoms with Crippen molar-refractivity contribution in [1.29, 1.82) is 0 Å². The molecule has 0 bridgehead atoms. The first-order chi connectivity index (χ1) is 18.6. The number of carboxylic acids is 1. The summed E-state index contributed by atoms with van der Waals surface area (Å²) in [5.74, 6) is 1.71. The maximum atomic E-state index is 12.7. The monoisotopic (exact) mass is 533 g/mol. The molecule has 0 radical (unpaired) electrons. The number of hydrogen-bond donors (Lipinski definition) is 1. The summed E-state index contributed by atoms with van der Waals surface area (Å²) in [6, 6.07) is 18.9. The lowest BCUT2D eigenvalue weighted by molar-refractivity contribution is 0.0675. The lowest BCUT2D eigenvalue weighted by atomic mass is 10.2. The molecule has 0 saturated heterocycles. The van der Waals surface area contributed by atoms with E-state index in [9.17, 15) is 9.90 Å². The molecule has 3 aromatic carbocycles. The number of rotatable bonds is 9. The van der Waals surface area contributed by atoms with Crippen LogP contribution >= 0.6 is 11.8 Å². The van der Waals surface area contributed by atoms with Crippen LogP contribution in [0.15, 0.2) is 82.5 Å². The number of ether oxygens (including phenoxy) is 6. The number of allylic oxidation sites excluding steroid dienone is 1. The van der Waals surface area contributed by atoms with Gasteiger partial charge >= 0.3 is 5.97 Å². The Bertz CT molecular complexity index is 1550. The minimum absolute atomic E-state index is 0.0923. The standard InChI is InChI=1S/C28H23NO8S/c1-32-23-10-20-21(11-25(23)34-13-17-5-3-2-4-6-17)29(12-18-14-33-15-35-18)26(28(30)31)27(20)38-19-7-8-22-24(9-19)37-16-36-22/h2-11,14H,12-13,15-16H2,1H3,(H,30,31). The molecule has 38 heavy (non-hydrogen) atoms. The molecule has 9 nitrogen and oxygen atoms in total. The number of hydrogen-bond acceptors (Lipinski definition) is 8. The SMILES string of the molecule is COc1cc2c(Sc3ccc4c(c3)OCO4)c(C(=O)O)n(CC3=COCO3)c2cc1OCc1ccccc1. The van der Waals surface area contributed by atoms with E-state index in [4.69, 9.17) is 28.4 Å². The van der Waals surface area contributed by atoms with Gasteiger partial charge in [-0.15, -0.1) is 0 Å². The predicted molar refractivity (Wildman–Crippen MR) is 138 cm³/mol. The quantitative estimate of drug-likeness (QED) is 0.293. The number of benzene rings is 3. The zero-order chi connectivity index (χ0) is 26.1. The van der Waals surface area contributed by atoms with Crippen molar-refractivity contribution < 1.29 is 38.3 Å². The van der Waals surface area contributed by atoms with E-state index in [0.717, 1.165) is 10.5 Å². The van der Waals surface area contributed by atoms with Gasteiger partial charge in [0, 0.05) is 16.3 Å². The third kappa shape index (κ3) is 4.54. The Labute approximate surface area is 222 Å². The van der Waals surface area contributed by atoms with Gasteiger partial charge in [0.15, 0.2) is 28.8 Å². The van der Waals surface area contributed by atoms with Gasteiger partial charge in [0.25, 0.3) is 0 Å². The molecule has 4 aromatic rings. The summed E-state index contributed by atoms with van der Waals surface area (Å²) in [6.07, 6.45) is 1.50. The maximum Gasteiger partial charge on any atom is 0.353 e. The highest BCUT2D eigenvalue weighted by atomic mass is 32.2. The van der Waals surface area contributed by atoms with Crippen molar-refractivity contribution in [3.8, 4) is 23.0 Å². The molecule has 6 rings (SSSR count). The van der Waals surface area contributed by atoms with Crippen LogP contribution < -0.4 is 18.9 Å². The average Bonchev–Trinajstić information content (AvgIpc) is 3.68. The van der Waals surface area contributed by atoms with E-state index in [1.54, 1.807) is 11.7 Å². The van der Waals surface area contributed by atoms with Crippen molar-refractivity contribution in [2.24, 2.45) is 0 Å². The molecule has 3 heterocycles. The Hall–Kier alpha value is -4.44. The molecular formula is C28H23NO8S. The van der Waals surface area contributed by atoms with E-state index in [-0.39, 0.29) is 25.8 Å². The summed E-state index contributed by atoms with van der Waals surface area (Å²) in [4.78, 5) is 14.0. The Kier molecular flexibility index (Phi) is 6.38. The number of aromatic carboxylic acids is 1. The molecule has 2 aliphatic rings. The number of carboxylic acid groups (broad SMARTS) is 1. The Morgan fingerprint density at radius 2 is 1.84 bits per heavy atom. The normalized spacial score (nSPS) is 13.7. The smallest absolute Gasteiger partial charge is 0.353 e. The second-order valence-electron chi connectivity index (χ2n) is 8.49. The Balaban J connectivity index is 1.47. The van der Waals surface area contributed by atoms with Gasteiger partial charge in [-0.25, -0.2) is 4.79 Å². The molecule has 0 aliphatic carbocycles. The van der Waals surface area contributed by atoms with Crippen LogP contribution in [0.4, 0.5) is 0 Å². The molecule has 2 aliphatic heterocycles. The van der Waals surface area contributed by atoms with Crippen LogP contribution in [0.2, 0.25) is 0 Å². The molecule has 0 amide bonds. The van der Waals surface area contributed by atoms with Gasteiger partial charge in [0.1, 0.15) is 18.6 Å². The van der Waals surface area contributed by atoms with Crippen molar-refractivity contribution in [2.45, 2.75) is 22.9 Å². The molecule has 0 unspecified atom stereocenters. The second-order valence-corrected chi connectivity index (χ2v) is 9.58. The van der Waals surface area contributed by atoms with Crippen molar-refractivity contribution in [3.05, 3.63) is 83.9 Å². The Morgan fingerprint density at radius 3 is 2.61 bits per heavy atom. The molecule has 1 N–H and O–H groups in total. The maximum absolute atomic E-state index is 12.7. The molecule has 0 saturated carbocycles. The van der Waals surface area contributed by atoms with Crippen LogP contribution in [-0.4, -0.2) is 36.3 Å². The van der Waals surface area contributed by atoms with Crippen LogP contribution in [0.1, 0.15) is 16.1 Å². The van der Waals surface area contributed by atoms with Crippen LogP contribution in [-0.2, 0) is 22.6 Å². The van der Waals surface area contributed by atoms with Crippen LogP contribution in [0.25, 0.3) is 10.9 Å². The fraction of sp³-hybridized carbons (Fsp3) is 0.179. The zero-order valence-electron chi connectivity index (χ0n) is 20.3. The fourth-order valence-electron chi connectivity index (χ4n) is 4.38. The lowest BCUT2D eigenvalue weighted by Crippen LogP contribution is -2.11. The third-order valence-electron chi connectivity index (χ3n) is 6.15. The number of methoxy groups -OCH3 is 1. The number of carbonyl (C=O) groups is 1. The van der Waals surface area contributed by atoms with E-state index >= 15 is 0 Å². The van der Waals surface area contributed by atoms with Gasteiger partial charge in [-0.05, 0) is 29.8 Å². The summed E-state index contributed by atoms with van der Waals surface area (Å²) >= 11 is 1.33. The number of fused-ring (bicyclic) bond motifs is 2. The van der Waals surface area contributed by atoms with Crippen molar-refractivity contribution >= 4 is 28.6 Å². The lowest BCUT2D eigenvalue weighted by Gasteiger charge is -2.13. The molecule has 194 valence electrons. The van der Waals surface area contributed by atoms with Gasteiger partial charge in [-0.2, -0.15) is 0 Å². The van der Waals surface area contributed by atoms with Gasteiger partial charge in [-0.1, -0.05) is 42.1 Å². The van der Waals surface area contributed by atoms with Gasteiger partial charge in [0.05, 0.1) is 24.1 Å². The van der Waals surface area contributed by atoms with Crippen molar-refractivity contribution in [2.75, 3.05) is 20.7 Å². The van der Waals surface area contributed by atoms with E-state index in [2.05, 4.69) is 0 Å². The first-order valence-corrected chi connectivity index (χ1v) is 12.6. The first-order valence-electron chi connectivity index (χ1n) is 11.8. The predicted octanol–water partition coefficient (Wildman–Crippen LogP) is 5.65. The summed E-state index contributed by atoms with van der Waals surface area (Å²) in [6.45, 7) is 0.749. The zero-order valence-corrected chi connectivity index (χ0v) is 21.2. The number of nitrogens with zero attached hydrogens (tertiary/aromatic N) is 1. The molecule has 0 atom stereocenters. The van der Waals surface area contributed by atoms with E-state index in [1.807, 2.05) is 60.7 Å². The summed E-state index contributed by atoms with van der Waals surface area (Å²) in [7, 11) is 1.56. The summed E-state index contributed by atoms with van der Waals surface area (Å²) < 4.78 is 35.2. The molecule has 1 aromatic heterocycles. The average molecular weight is 534 g/mol. The van der Waals surface area contributed by atoms with Crippen molar-refractivity contribution in [3.63, 3.8) is 0 Å². The summed E-state index contributed by atoms with van der Waals surface area (Å²) in [5.41, 5.74) is 1.77. The number of aromatic nitrogens is 1. The van der Waals surface area contributed by atoms with E-state index in [0.29, 0.717) is 51.2 Å². The van der Waals surface area contributed by atoms with Gasteiger partial charge in [0.2, 0.25) is 13.6 Å². The highest BCUT2D eigenvalue weighted by Crippen LogP contribution is 2.45. The minimum atomic E-state index is -1.07. The fourth-order valence-corrected chi connectivity index (χ4v) is 5.49. The van der Waals surface area contributed by atoms with Crippen LogP contribution in [0.3, 0.4) is 0 Å². The molecule has 0 fully saturated rings. The second kappa shape index (κ2) is 10.1. The molecule has 0 spiro atoms. The Morgan fingerprint density at radius 1 is 1.00 bits per heavy atom. The van der Waals surface area contributed by atoms with Crippen molar-refractivity contribution in [1.82, 2.24) is 4.57 Å². The van der Waals surface area contributed by atoms with Crippen LogP contribution in [0, 0.1) is 0 Å². The van der Waals surface area contributed by atoms with Crippen LogP contribution in [0.5, 0.6) is 23.0 Å². The van der Waals surface area contributed by atoms with Gasteiger partial charge < -0.3 is 38.1 Å². The van der Waals surface area contributed by atoms with Gasteiger partial charge in [-0.3, -0.25) is 0 Å². The highest BCUT2D eigenvalue weighted by molar-refractivity contribution is 7.99. The first kappa shape index (κ1) is 23.9. The van der Waals surface area contributed by atoms with E-state index in [1.165, 1.54) is 18.0 Å². The largest absolute Gasteiger partial charge is 0.493 e. The molecule has 10 heteroatoms. The molecular weight excluding hydrogens is 510 g/mol. The summed E-state index contributed by atoms with van der Waals surface area (Å²) in [5, 5.41) is 11.1. The topological polar surface area (TPSA) is 97.6 Å². The van der Waals surface area contributed by atoms with E-state index < -0.39 is 5.97 Å². The third-order valence-corrected chi connectivity index (χ3v) is 7.25.